The second kappa shape index (κ2) is 3.78. The lowest BCUT2D eigenvalue weighted by molar-refractivity contribution is 0.883. The van der Waals surface area contributed by atoms with E-state index in [0.29, 0.717) is 10.7 Å². The summed E-state index contributed by atoms with van der Waals surface area (Å²) in [7, 11) is 0. The Hall–Kier alpha value is -0.750. The zero-order valence-corrected chi connectivity index (χ0v) is 10.0. The van der Waals surface area contributed by atoms with E-state index in [4.69, 9.17) is 17.3 Å². The zero-order chi connectivity index (χ0) is 10.1. The zero-order valence-electron chi connectivity index (χ0n) is 7.11. The molecule has 72 valence electrons. The summed E-state index contributed by atoms with van der Waals surface area (Å²) in [6.07, 6.45) is 3.68. The predicted octanol–water partition coefficient (Wildman–Crippen LogP) is 2.71. The molecule has 2 rings (SSSR count). The molecule has 2 N–H and O–H groups in total. The Kier molecular flexibility index (Phi) is 2.64. The van der Waals surface area contributed by atoms with Gasteiger partial charge in [0.2, 0.25) is 0 Å². The average molecular weight is 320 g/mol. The van der Waals surface area contributed by atoms with Gasteiger partial charge in [0.1, 0.15) is 0 Å². The lowest BCUT2D eigenvalue weighted by atomic mass is 10.3. The highest BCUT2D eigenvalue weighted by Gasteiger charge is 2.03. The van der Waals surface area contributed by atoms with E-state index >= 15 is 0 Å². The van der Waals surface area contributed by atoms with Crippen LogP contribution in [0, 0.1) is 3.57 Å². The molecule has 0 amide bonds. The minimum atomic E-state index is 0.622. The van der Waals surface area contributed by atoms with Crippen LogP contribution in [-0.4, -0.2) is 9.78 Å². The Morgan fingerprint density at radius 3 is 2.79 bits per heavy atom. The van der Waals surface area contributed by atoms with Crippen LogP contribution in [0.2, 0.25) is 5.02 Å². The molecular weight excluding hydrogens is 312 g/mol. The molecule has 5 heteroatoms. The minimum Gasteiger partial charge on any atom is -0.397 e. The van der Waals surface area contributed by atoms with E-state index in [-0.39, 0.29) is 0 Å². The first kappa shape index (κ1) is 9.79. The van der Waals surface area contributed by atoms with Crippen LogP contribution in [0.25, 0.3) is 5.69 Å². The van der Waals surface area contributed by atoms with Crippen molar-refractivity contribution in [1.29, 1.82) is 0 Å². The van der Waals surface area contributed by atoms with Gasteiger partial charge in [-0.15, -0.1) is 0 Å². The van der Waals surface area contributed by atoms with Crippen molar-refractivity contribution >= 4 is 39.9 Å². The van der Waals surface area contributed by atoms with Gasteiger partial charge in [-0.25, -0.2) is 4.68 Å². The number of hydrogen-bond donors (Lipinski definition) is 1. The van der Waals surface area contributed by atoms with Crippen molar-refractivity contribution in [3.63, 3.8) is 0 Å². The second-order valence-corrected chi connectivity index (χ2v) is 4.49. The number of halogens is 2. The number of rotatable bonds is 1. The highest BCUT2D eigenvalue weighted by Crippen LogP contribution is 2.21. The fourth-order valence-electron chi connectivity index (χ4n) is 1.17. The van der Waals surface area contributed by atoms with Crippen LogP contribution in [0.5, 0.6) is 0 Å². The predicted molar refractivity (Wildman–Crippen MR) is 65.7 cm³/mol. The molecule has 0 bridgehead atoms. The molecule has 0 saturated heterocycles. The van der Waals surface area contributed by atoms with Gasteiger partial charge in [-0.2, -0.15) is 5.10 Å². The normalized spacial score (nSPS) is 10.4. The summed E-state index contributed by atoms with van der Waals surface area (Å²) in [5.74, 6) is 0. The minimum absolute atomic E-state index is 0.622. The Morgan fingerprint density at radius 1 is 1.43 bits per heavy atom. The topological polar surface area (TPSA) is 43.8 Å². The number of hydrogen-bond acceptors (Lipinski definition) is 2. The van der Waals surface area contributed by atoms with Crippen molar-refractivity contribution in [2.75, 3.05) is 5.73 Å². The maximum atomic E-state index is 5.81. The first-order valence-corrected chi connectivity index (χ1v) is 5.38. The molecule has 0 aliphatic carbocycles. The van der Waals surface area contributed by atoms with Gasteiger partial charge in [-0.05, 0) is 40.8 Å². The van der Waals surface area contributed by atoms with Crippen molar-refractivity contribution in [3.05, 3.63) is 39.2 Å². The van der Waals surface area contributed by atoms with Gasteiger partial charge in [-0.3, -0.25) is 0 Å². The highest BCUT2D eigenvalue weighted by molar-refractivity contribution is 14.1. The first-order valence-electron chi connectivity index (χ1n) is 3.92. The van der Waals surface area contributed by atoms with Crippen molar-refractivity contribution in [2.45, 2.75) is 0 Å². The van der Waals surface area contributed by atoms with E-state index in [9.17, 15) is 0 Å². The fraction of sp³-hybridized carbons (Fsp3) is 0. The number of aromatic nitrogens is 2. The molecule has 0 atom stereocenters. The molecule has 14 heavy (non-hydrogen) atoms. The van der Waals surface area contributed by atoms with Crippen molar-refractivity contribution in [2.24, 2.45) is 0 Å². The maximum absolute atomic E-state index is 5.81. The van der Waals surface area contributed by atoms with Crippen LogP contribution in [0.4, 0.5) is 5.69 Å². The van der Waals surface area contributed by atoms with Crippen LogP contribution in [0.3, 0.4) is 0 Å². The monoisotopic (exact) mass is 319 g/mol. The number of anilines is 1. The molecular formula is C9H7ClIN3. The smallest absolute Gasteiger partial charge is 0.0876 e. The third-order valence-corrected chi connectivity index (χ3v) is 2.58. The molecule has 1 aromatic heterocycles. The van der Waals surface area contributed by atoms with E-state index < -0.39 is 0 Å². The fourth-order valence-corrected chi connectivity index (χ4v) is 1.74. The van der Waals surface area contributed by atoms with Crippen LogP contribution in [-0.2, 0) is 0 Å². The summed E-state index contributed by atoms with van der Waals surface area (Å²) >= 11 is 7.99. The van der Waals surface area contributed by atoms with Gasteiger partial charge in [0, 0.05) is 11.2 Å². The number of benzene rings is 1. The van der Waals surface area contributed by atoms with Gasteiger partial charge in [0.25, 0.3) is 0 Å². The molecule has 1 aromatic carbocycles. The van der Waals surface area contributed by atoms with Gasteiger partial charge in [0.15, 0.2) is 0 Å². The molecule has 3 nitrogen and oxygen atoms in total. The number of nitrogen functional groups attached to an aromatic ring is 1. The molecule has 0 radical (unpaired) electrons. The van der Waals surface area contributed by atoms with E-state index in [1.165, 1.54) is 0 Å². The van der Waals surface area contributed by atoms with Crippen molar-refractivity contribution < 1.29 is 0 Å². The third-order valence-electron chi connectivity index (χ3n) is 1.79. The summed E-state index contributed by atoms with van der Waals surface area (Å²) in [5, 5.41) is 4.80. The van der Waals surface area contributed by atoms with Crippen LogP contribution < -0.4 is 5.73 Å². The second-order valence-electron chi connectivity index (χ2n) is 2.81. The lowest BCUT2D eigenvalue weighted by Gasteiger charge is -2.04. The van der Waals surface area contributed by atoms with E-state index in [1.807, 2.05) is 12.3 Å². The highest BCUT2D eigenvalue weighted by atomic mass is 127. The van der Waals surface area contributed by atoms with Gasteiger partial charge >= 0.3 is 0 Å². The Morgan fingerprint density at radius 2 is 2.21 bits per heavy atom. The van der Waals surface area contributed by atoms with Crippen LogP contribution in [0.15, 0.2) is 30.6 Å². The Balaban J connectivity index is 2.52. The van der Waals surface area contributed by atoms with Gasteiger partial charge in [0.05, 0.1) is 21.1 Å². The summed E-state index contributed by atoms with van der Waals surface area (Å²) in [6.45, 7) is 0. The maximum Gasteiger partial charge on any atom is 0.0876 e. The number of nitrogens with two attached hydrogens (primary N) is 1. The molecule has 2 aromatic rings. The number of nitrogens with zero attached hydrogens (tertiary/aromatic N) is 2. The largest absolute Gasteiger partial charge is 0.397 e. The molecule has 0 fully saturated rings. The Labute approximate surface area is 100 Å². The third kappa shape index (κ3) is 1.85. The molecule has 0 aliphatic rings. The van der Waals surface area contributed by atoms with Crippen LogP contribution in [0.1, 0.15) is 0 Å². The standard InChI is InChI=1S/C9H7ClIN3/c10-6-1-2-9(8(12)3-6)14-5-7(11)4-13-14/h1-5H,12H2. The lowest BCUT2D eigenvalue weighted by Crippen LogP contribution is -1.99. The molecule has 0 spiro atoms. The van der Waals surface area contributed by atoms with Crippen molar-refractivity contribution in [1.82, 2.24) is 9.78 Å². The molecule has 0 saturated carbocycles. The van der Waals surface area contributed by atoms with Crippen molar-refractivity contribution in [3.8, 4) is 5.69 Å². The van der Waals surface area contributed by atoms with E-state index in [0.717, 1.165) is 9.26 Å². The summed E-state index contributed by atoms with van der Waals surface area (Å²) in [4.78, 5) is 0. The SMILES string of the molecule is Nc1cc(Cl)ccc1-n1cc(I)cn1. The van der Waals surface area contributed by atoms with Crippen LogP contribution >= 0.6 is 34.2 Å². The quantitative estimate of drug-likeness (QED) is 0.649. The van der Waals surface area contributed by atoms with Gasteiger partial charge in [-0.1, -0.05) is 11.6 Å². The molecule has 0 aliphatic heterocycles. The molecule has 0 unspecified atom stereocenters. The average Bonchev–Trinajstić information content (AvgIpc) is 2.51. The molecule has 1 heterocycles. The summed E-state index contributed by atoms with van der Waals surface area (Å²) < 4.78 is 2.80. The van der Waals surface area contributed by atoms with E-state index in [1.54, 1.807) is 23.0 Å². The van der Waals surface area contributed by atoms with E-state index in [2.05, 4.69) is 27.7 Å². The summed E-state index contributed by atoms with van der Waals surface area (Å²) in [6, 6.07) is 5.36. The Bertz CT molecular complexity index is 467. The first-order chi connectivity index (χ1) is 6.66. The summed E-state index contributed by atoms with van der Waals surface area (Å²) in [5.41, 5.74) is 7.28. The van der Waals surface area contributed by atoms with Gasteiger partial charge < -0.3 is 5.73 Å².